The predicted octanol–water partition coefficient (Wildman–Crippen LogP) is 2.37. The van der Waals surface area contributed by atoms with Gasteiger partial charge in [-0.05, 0) is 25.3 Å². The molecule has 1 saturated carbocycles. The van der Waals surface area contributed by atoms with Crippen LogP contribution < -0.4 is 0 Å². The van der Waals surface area contributed by atoms with Crippen LogP contribution in [0.15, 0.2) is 0 Å². The van der Waals surface area contributed by atoms with Gasteiger partial charge in [0.15, 0.2) is 0 Å². The van der Waals surface area contributed by atoms with E-state index in [0.29, 0.717) is 0 Å². The van der Waals surface area contributed by atoms with Crippen LogP contribution in [-0.4, -0.2) is 25.0 Å². The highest BCUT2D eigenvalue weighted by molar-refractivity contribution is 4.95. The Kier molecular flexibility index (Phi) is 3.38. The van der Waals surface area contributed by atoms with E-state index in [2.05, 4.69) is 25.8 Å². The molecule has 1 aliphatic heterocycles. The van der Waals surface area contributed by atoms with Crippen molar-refractivity contribution in [2.45, 2.75) is 33.1 Å². The molecule has 0 amide bonds. The van der Waals surface area contributed by atoms with E-state index in [9.17, 15) is 0 Å². The molecule has 0 bridgehead atoms. The number of hydrogen-bond acceptors (Lipinski definition) is 1. The lowest BCUT2D eigenvalue weighted by molar-refractivity contribution is 0.373. The molecule has 2 rings (SSSR count). The zero-order chi connectivity index (χ0) is 8.27. The first-order chi connectivity index (χ1) is 5.27. The largest absolute Gasteiger partial charge is 0.306 e. The summed E-state index contributed by atoms with van der Waals surface area (Å²) in [6, 6.07) is 0. The molecule has 1 saturated heterocycles. The summed E-state index contributed by atoms with van der Waals surface area (Å²) in [6.45, 7) is 7.12. The molecule has 2 fully saturated rings. The van der Waals surface area contributed by atoms with E-state index in [1.807, 2.05) is 0 Å². The van der Waals surface area contributed by atoms with Gasteiger partial charge < -0.3 is 4.90 Å². The number of nitrogens with zero attached hydrogens (tertiary/aromatic N) is 1. The van der Waals surface area contributed by atoms with Gasteiger partial charge >= 0.3 is 0 Å². The summed E-state index contributed by atoms with van der Waals surface area (Å²) in [5, 5.41) is 0. The molecule has 0 aromatic heterocycles. The number of piperidine rings is 1. The van der Waals surface area contributed by atoms with Crippen molar-refractivity contribution in [3.05, 3.63) is 0 Å². The van der Waals surface area contributed by atoms with E-state index in [0.717, 1.165) is 11.8 Å². The lowest BCUT2D eigenvalue weighted by atomic mass is 10.4. The van der Waals surface area contributed by atoms with E-state index in [4.69, 9.17) is 0 Å². The fraction of sp³-hybridized carbons (Fsp3) is 1.00. The van der Waals surface area contributed by atoms with Gasteiger partial charge in [0.25, 0.3) is 0 Å². The molecule has 1 heterocycles. The Hall–Kier alpha value is -0.0400. The molecule has 1 aliphatic carbocycles. The predicted molar refractivity (Wildman–Crippen MR) is 49.7 cm³/mol. The van der Waals surface area contributed by atoms with Gasteiger partial charge in [0.2, 0.25) is 0 Å². The van der Waals surface area contributed by atoms with Crippen molar-refractivity contribution in [2.24, 2.45) is 11.8 Å². The van der Waals surface area contributed by atoms with Crippen LogP contribution in [0.25, 0.3) is 0 Å². The highest BCUT2D eigenvalue weighted by Gasteiger charge is 2.43. The van der Waals surface area contributed by atoms with E-state index < -0.39 is 0 Å². The van der Waals surface area contributed by atoms with Crippen molar-refractivity contribution in [3.8, 4) is 0 Å². The molecule has 0 spiro atoms. The summed E-state index contributed by atoms with van der Waals surface area (Å²) >= 11 is 0. The third-order valence-corrected chi connectivity index (χ3v) is 2.66. The summed E-state index contributed by atoms with van der Waals surface area (Å²) < 4.78 is 0. The minimum atomic E-state index is 1.12. The molecule has 0 aromatic carbocycles. The summed E-state index contributed by atoms with van der Waals surface area (Å²) in [5.41, 5.74) is 0. The topological polar surface area (TPSA) is 3.24 Å². The second-order valence-electron chi connectivity index (χ2n) is 3.98. The van der Waals surface area contributed by atoms with Crippen LogP contribution in [0.2, 0.25) is 0 Å². The van der Waals surface area contributed by atoms with Crippen LogP contribution in [0.5, 0.6) is 0 Å². The Morgan fingerprint density at radius 3 is 1.73 bits per heavy atom. The van der Waals surface area contributed by atoms with Crippen molar-refractivity contribution in [1.29, 1.82) is 0 Å². The Labute approximate surface area is 70.8 Å². The van der Waals surface area contributed by atoms with Gasteiger partial charge in [0.1, 0.15) is 0 Å². The van der Waals surface area contributed by atoms with Crippen molar-refractivity contribution in [3.63, 3.8) is 0 Å². The van der Waals surface area contributed by atoms with Gasteiger partial charge in [-0.1, -0.05) is 26.7 Å². The Balaban J connectivity index is 0.000000134. The highest BCUT2D eigenvalue weighted by atomic mass is 15.1. The maximum absolute atomic E-state index is 2.43. The maximum atomic E-state index is 2.43. The third kappa shape index (κ3) is 2.82. The van der Waals surface area contributed by atoms with Gasteiger partial charge in [-0.25, -0.2) is 0 Å². The highest BCUT2D eigenvalue weighted by Crippen LogP contribution is 2.43. The SMILES string of the molecule is CCCC.CN1CC2CC2C1. The number of fused-ring (bicyclic) bond motifs is 1. The minimum absolute atomic E-state index is 1.12. The van der Waals surface area contributed by atoms with Crippen LogP contribution in [0.1, 0.15) is 33.1 Å². The number of likely N-dealkylation sites (tertiary alicyclic amines) is 1. The first kappa shape index (κ1) is 9.05. The minimum Gasteiger partial charge on any atom is -0.306 e. The van der Waals surface area contributed by atoms with Crippen LogP contribution >= 0.6 is 0 Å². The van der Waals surface area contributed by atoms with Crippen LogP contribution in [0.3, 0.4) is 0 Å². The van der Waals surface area contributed by atoms with Gasteiger partial charge in [0.05, 0.1) is 0 Å². The van der Waals surface area contributed by atoms with Gasteiger partial charge in [-0.15, -0.1) is 0 Å². The molecule has 1 nitrogen and oxygen atoms in total. The first-order valence-corrected chi connectivity index (χ1v) is 4.96. The first-order valence-electron chi connectivity index (χ1n) is 4.96. The van der Waals surface area contributed by atoms with Gasteiger partial charge in [-0.3, -0.25) is 0 Å². The Morgan fingerprint density at radius 2 is 1.55 bits per heavy atom. The number of rotatable bonds is 1. The van der Waals surface area contributed by atoms with E-state index in [-0.39, 0.29) is 0 Å². The molecule has 11 heavy (non-hydrogen) atoms. The summed E-state index contributed by atoms with van der Waals surface area (Å²) in [5.74, 6) is 2.23. The second-order valence-corrected chi connectivity index (χ2v) is 3.98. The van der Waals surface area contributed by atoms with Gasteiger partial charge in [-0.2, -0.15) is 0 Å². The van der Waals surface area contributed by atoms with Crippen LogP contribution in [0, 0.1) is 11.8 Å². The van der Waals surface area contributed by atoms with Crippen LogP contribution in [0.4, 0.5) is 0 Å². The molecule has 2 atom stereocenters. The normalized spacial score (nSPS) is 34.1. The maximum Gasteiger partial charge on any atom is 0.000997 e. The quantitative estimate of drug-likeness (QED) is 0.562. The molecular weight excluding hydrogens is 134 g/mol. The molecule has 0 N–H and O–H groups in total. The molecule has 0 aromatic rings. The summed E-state index contributed by atoms with van der Waals surface area (Å²) in [6.07, 6.45) is 4.17. The standard InChI is InChI=1S/C6H11N.C4H10/c1-7-3-5-2-6(5)4-7;1-3-4-2/h5-6H,2-4H2,1H3;3-4H2,1-2H3. The Bertz CT molecular complexity index is 99.4. The molecular formula is C10H21N. The van der Waals surface area contributed by atoms with Crippen LogP contribution in [-0.2, 0) is 0 Å². The fourth-order valence-electron chi connectivity index (χ4n) is 1.63. The van der Waals surface area contributed by atoms with E-state index in [1.165, 1.54) is 32.4 Å². The molecule has 2 aliphatic rings. The van der Waals surface area contributed by atoms with Gasteiger partial charge in [0, 0.05) is 13.1 Å². The fourth-order valence-corrected chi connectivity index (χ4v) is 1.63. The van der Waals surface area contributed by atoms with Crippen molar-refractivity contribution >= 4 is 0 Å². The summed E-state index contributed by atoms with van der Waals surface area (Å²) in [4.78, 5) is 2.43. The zero-order valence-electron chi connectivity index (χ0n) is 8.14. The van der Waals surface area contributed by atoms with Crippen molar-refractivity contribution in [1.82, 2.24) is 4.90 Å². The average Bonchev–Trinajstić information content (AvgIpc) is 2.61. The summed E-state index contributed by atoms with van der Waals surface area (Å²) in [7, 11) is 2.21. The van der Waals surface area contributed by atoms with E-state index in [1.54, 1.807) is 0 Å². The molecule has 0 radical (unpaired) electrons. The molecule has 66 valence electrons. The lowest BCUT2D eigenvalue weighted by Gasteiger charge is -2.06. The number of unbranched alkanes of at least 4 members (excludes halogenated alkanes) is 1. The Morgan fingerprint density at radius 1 is 1.09 bits per heavy atom. The number of hydrogen-bond donors (Lipinski definition) is 0. The monoisotopic (exact) mass is 155 g/mol. The van der Waals surface area contributed by atoms with E-state index >= 15 is 0 Å². The lowest BCUT2D eigenvalue weighted by Crippen LogP contribution is -2.15. The third-order valence-electron chi connectivity index (χ3n) is 2.66. The second kappa shape index (κ2) is 4.10. The molecule has 2 unspecified atom stereocenters. The van der Waals surface area contributed by atoms with Crippen molar-refractivity contribution < 1.29 is 0 Å². The average molecular weight is 155 g/mol. The smallest absolute Gasteiger partial charge is 0.000997 e. The molecule has 1 heteroatoms. The van der Waals surface area contributed by atoms with Crippen molar-refractivity contribution in [2.75, 3.05) is 20.1 Å². The zero-order valence-corrected chi connectivity index (χ0v) is 8.14.